The molecule has 0 bridgehead atoms. The molecule has 0 spiro atoms. The van der Waals surface area contributed by atoms with Crippen LogP contribution in [-0.4, -0.2) is 34.4 Å². The molecule has 26 heavy (non-hydrogen) atoms. The van der Waals surface area contributed by atoms with E-state index in [0.717, 1.165) is 32.4 Å². The van der Waals surface area contributed by atoms with Crippen molar-refractivity contribution in [2.45, 2.75) is 39.2 Å². The summed E-state index contributed by atoms with van der Waals surface area (Å²) < 4.78 is 5.24. The van der Waals surface area contributed by atoms with Gasteiger partial charge in [-0.25, -0.2) is 0 Å². The number of aromatic nitrogens is 2. The van der Waals surface area contributed by atoms with Crippen molar-refractivity contribution in [1.29, 1.82) is 0 Å². The second kappa shape index (κ2) is 7.14. The predicted octanol–water partition coefficient (Wildman–Crippen LogP) is 4.00. The van der Waals surface area contributed by atoms with E-state index in [0.29, 0.717) is 0 Å². The zero-order valence-electron chi connectivity index (χ0n) is 15.3. The summed E-state index contributed by atoms with van der Waals surface area (Å²) in [6, 6.07) is 16.0. The Morgan fingerprint density at radius 2 is 1.54 bits per heavy atom. The maximum atomic E-state index is 11.9. The maximum absolute atomic E-state index is 11.9. The fourth-order valence-electron chi connectivity index (χ4n) is 3.04. The minimum absolute atomic E-state index is 0.189. The van der Waals surface area contributed by atoms with Gasteiger partial charge in [-0.2, -0.15) is 0 Å². The summed E-state index contributed by atoms with van der Waals surface area (Å²) in [5.41, 5.74) is 3.82. The quantitative estimate of drug-likeness (QED) is 0.360. The standard InChI is InChI=1S/C20H21N3O2Se/c1-13-5-9-15(10-6-13)17(20(3,4)23(24)25)19-18(21-22-26-19)16-11-7-14(2)8-12-16/h5-12,17H,1-4H3. The second-order valence-corrected chi connectivity index (χ2v) is 8.75. The van der Waals surface area contributed by atoms with Gasteiger partial charge in [-0.1, -0.05) is 0 Å². The fourth-order valence-corrected chi connectivity index (χ4v) is 5.11. The summed E-state index contributed by atoms with van der Waals surface area (Å²) in [5, 5.41) is 16.2. The summed E-state index contributed by atoms with van der Waals surface area (Å²) in [7, 11) is 0. The Bertz CT molecular complexity index is 915. The fraction of sp³-hybridized carbons (Fsp3) is 0.300. The molecule has 0 aliphatic rings. The van der Waals surface area contributed by atoms with Crippen LogP contribution < -0.4 is 0 Å². The predicted molar refractivity (Wildman–Crippen MR) is 103 cm³/mol. The zero-order valence-corrected chi connectivity index (χ0v) is 17.0. The molecule has 0 aliphatic carbocycles. The third-order valence-electron chi connectivity index (χ3n) is 4.69. The van der Waals surface area contributed by atoms with Gasteiger partial charge in [-0.05, 0) is 0 Å². The Kier molecular flexibility index (Phi) is 5.08. The molecule has 3 rings (SSSR count). The Labute approximate surface area is 159 Å². The molecule has 0 saturated carbocycles. The number of nitro groups is 1. The van der Waals surface area contributed by atoms with E-state index in [9.17, 15) is 10.1 Å². The number of nitrogens with zero attached hydrogens (tertiary/aromatic N) is 3. The molecule has 0 N–H and O–H groups in total. The number of rotatable bonds is 5. The molecule has 1 atom stereocenters. The second-order valence-electron chi connectivity index (χ2n) is 7.11. The van der Waals surface area contributed by atoms with Gasteiger partial charge in [-0.15, -0.1) is 0 Å². The van der Waals surface area contributed by atoms with E-state index in [1.54, 1.807) is 13.8 Å². The third-order valence-corrected chi connectivity index (χ3v) is 6.34. The first-order valence-electron chi connectivity index (χ1n) is 8.41. The van der Waals surface area contributed by atoms with E-state index < -0.39 is 5.54 Å². The zero-order chi connectivity index (χ0) is 18.9. The molecule has 1 heterocycles. The molecule has 134 valence electrons. The van der Waals surface area contributed by atoms with E-state index >= 15 is 0 Å². The van der Waals surface area contributed by atoms with Crippen molar-refractivity contribution >= 4 is 14.7 Å². The summed E-state index contributed by atoms with van der Waals surface area (Å²) in [4.78, 5) is 11.7. The van der Waals surface area contributed by atoms with Crippen molar-refractivity contribution in [3.8, 4) is 11.3 Å². The van der Waals surface area contributed by atoms with Gasteiger partial charge < -0.3 is 0 Å². The molecule has 0 fully saturated rings. The van der Waals surface area contributed by atoms with E-state index in [-0.39, 0.29) is 25.6 Å². The van der Waals surface area contributed by atoms with E-state index in [2.05, 4.69) is 9.19 Å². The summed E-state index contributed by atoms with van der Waals surface area (Å²) in [6.07, 6.45) is 0. The molecule has 0 aliphatic heterocycles. The topological polar surface area (TPSA) is 68.9 Å². The monoisotopic (exact) mass is 415 g/mol. The number of aryl methyl sites for hydroxylation is 2. The van der Waals surface area contributed by atoms with E-state index in [1.165, 1.54) is 0 Å². The van der Waals surface area contributed by atoms with Crippen LogP contribution in [-0.2, 0) is 0 Å². The average Bonchev–Trinajstić information content (AvgIpc) is 3.06. The molecular formula is C20H21N3O2Se. The number of hydrogen-bond acceptors (Lipinski definition) is 4. The van der Waals surface area contributed by atoms with Gasteiger partial charge in [0.2, 0.25) is 0 Å². The van der Waals surface area contributed by atoms with Crippen LogP contribution in [0.5, 0.6) is 0 Å². The Morgan fingerprint density at radius 1 is 1.00 bits per heavy atom. The van der Waals surface area contributed by atoms with Gasteiger partial charge in [-0.3, -0.25) is 0 Å². The van der Waals surface area contributed by atoms with Crippen LogP contribution in [0.25, 0.3) is 11.3 Å². The van der Waals surface area contributed by atoms with E-state index in [1.807, 2.05) is 62.4 Å². The summed E-state index contributed by atoms with van der Waals surface area (Å²) in [5.74, 6) is -0.371. The van der Waals surface area contributed by atoms with Crippen molar-refractivity contribution in [1.82, 2.24) is 9.19 Å². The van der Waals surface area contributed by atoms with Crippen LogP contribution in [0, 0.1) is 24.0 Å². The van der Waals surface area contributed by atoms with Crippen molar-refractivity contribution in [3.63, 3.8) is 0 Å². The normalized spacial score (nSPS) is 12.8. The molecule has 1 unspecified atom stereocenters. The van der Waals surface area contributed by atoms with Gasteiger partial charge in [0, 0.05) is 0 Å². The average molecular weight is 414 g/mol. The molecule has 2 aromatic carbocycles. The molecular weight excluding hydrogens is 393 g/mol. The third kappa shape index (κ3) is 3.48. The van der Waals surface area contributed by atoms with Gasteiger partial charge in [0.15, 0.2) is 0 Å². The van der Waals surface area contributed by atoms with Gasteiger partial charge in [0.25, 0.3) is 0 Å². The number of benzene rings is 2. The summed E-state index contributed by atoms with van der Waals surface area (Å²) >= 11 is -0.247. The van der Waals surface area contributed by atoms with Gasteiger partial charge in [0.1, 0.15) is 0 Å². The van der Waals surface area contributed by atoms with E-state index in [4.69, 9.17) is 0 Å². The van der Waals surface area contributed by atoms with Crippen LogP contribution >= 0.6 is 0 Å². The molecule has 0 saturated heterocycles. The van der Waals surface area contributed by atoms with Gasteiger partial charge >= 0.3 is 159 Å². The van der Waals surface area contributed by atoms with Crippen LogP contribution in [0.15, 0.2) is 48.5 Å². The van der Waals surface area contributed by atoms with Crippen LogP contribution in [0.3, 0.4) is 0 Å². The molecule has 3 aromatic rings. The van der Waals surface area contributed by atoms with Crippen LogP contribution in [0.2, 0.25) is 0 Å². The van der Waals surface area contributed by atoms with Crippen molar-refractivity contribution in [2.24, 2.45) is 0 Å². The molecule has 5 nitrogen and oxygen atoms in total. The van der Waals surface area contributed by atoms with Crippen molar-refractivity contribution in [3.05, 3.63) is 79.8 Å². The first kappa shape index (κ1) is 18.5. The van der Waals surface area contributed by atoms with Crippen LogP contribution in [0.4, 0.5) is 0 Å². The first-order chi connectivity index (χ1) is 12.3. The SMILES string of the molecule is Cc1ccc(-c2nn[se]c2C(c2ccc(C)cc2)C(C)(C)[N+](=O)[O-])cc1. The Morgan fingerprint density at radius 3 is 2.08 bits per heavy atom. The number of hydrogen-bond donors (Lipinski definition) is 0. The molecule has 0 radical (unpaired) electrons. The van der Waals surface area contributed by atoms with Crippen LogP contribution in [0.1, 0.15) is 40.9 Å². The minimum atomic E-state index is -1.16. The first-order valence-corrected chi connectivity index (χ1v) is 10.0. The molecule has 0 amide bonds. The molecule has 6 heteroatoms. The Hall–Kier alpha value is -2.30. The van der Waals surface area contributed by atoms with Crippen molar-refractivity contribution in [2.75, 3.05) is 0 Å². The summed E-state index contributed by atoms with van der Waals surface area (Å²) in [6.45, 7) is 7.42. The molecule has 1 aromatic heterocycles. The van der Waals surface area contributed by atoms with Gasteiger partial charge in [0.05, 0.1) is 0 Å². The van der Waals surface area contributed by atoms with Crippen molar-refractivity contribution < 1.29 is 4.92 Å². The Balaban J connectivity index is 2.18.